The van der Waals surface area contributed by atoms with Crippen LogP contribution in [-0.2, 0) is 0 Å². The summed E-state index contributed by atoms with van der Waals surface area (Å²) < 4.78 is 1.85. The van der Waals surface area contributed by atoms with Crippen molar-refractivity contribution < 1.29 is 0 Å². The average molecular weight is 372 g/mol. The number of benzene rings is 2. The van der Waals surface area contributed by atoms with Gasteiger partial charge < -0.3 is 10.6 Å². The molecule has 0 aliphatic heterocycles. The fourth-order valence-corrected chi connectivity index (χ4v) is 2.92. The van der Waals surface area contributed by atoms with Gasteiger partial charge in [0.25, 0.3) is 0 Å². The predicted molar refractivity (Wildman–Crippen MR) is 114 cm³/mol. The molecule has 2 N–H and O–H groups in total. The molecule has 28 heavy (non-hydrogen) atoms. The van der Waals surface area contributed by atoms with Crippen LogP contribution in [0.4, 0.5) is 17.5 Å². The van der Waals surface area contributed by atoms with Crippen LogP contribution >= 0.6 is 0 Å². The standard InChI is InChI=1S/C22H24N6/c1-4-16(3)24-22-26-20(25-17-12-10-15(2)11-13-17)19-14-23-28(21(19)27-22)18-8-6-5-7-9-18/h5-14,16H,4H2,1-3H3,(H2,24,25,26,27)/t16-/m0/s1. The molecule has 0 aliphatic carbocycles. The SMILES string of the molecule is CC[C@H](C)Nc1nc(Nc2ccc(C)cc2)c2cnn(-c3ccccc3)c2n1. The van der Waals surface area contributed by atoms with Crippen LogP contribution in [0.15, 0.2) is 60.8 Å². The van der Waals surface area contributed by atoms with Gasteiger partial charge in [0.15, 0.2) is 5.65 Å². The Morgan fingerprint density at radius 3 is 2.46 bits per heavy atom. The fraction of sp³-hybridized carbons (Fsp3) is 0.227. The van der Waals surface area contributed by atoms with Crippen LogP contribution in [0.3, 0.4) is 0 Å². The lowest BCUT2D eigenvalue weighted by Crippen LogP contribution is -2.16. The molecule has 0 spiro atoms. The van der Waals surface area contributed by atoms with Crippen molar-refractivity contribution in [3.8, 4) is 5.69 Å². The molecule has 2 aromatic heterocycles. The predicted octanol–water partition coefficient (Wildman–Crippen LogP) is 5.08. The normalized spacial score (nSPS) is 12.1. The number of aryl methyl sites for hydroxylation is 1. The third-order valence-electron chi connectivity index (χ3n) is 4.73. The highest BCUT2D eigenvalue weighted by Gasteiger charge is 2.15. The summed E-state index contributed by atoms with van der Waals surface area (Å²) in [6.07, 6.45) is 2.80. The Balaban J connectivity index is 1.82. The first kappa shape index (κ1) is 18.0. The first-order valence-electron chi connectivity index (χ1n) is 9.55. The average Bonchev–Trinajstić information content (AvgIpc) is 3.14. The first-order chi connectivity index (χ1) is 13.6. The zero-order valence-electron chi connectivity index (χ0n) is 16.3. The highest BCUT2D eigenvalue weighted by atomic mass is 15.3. The van der Waals surface area contributed by atoms with E-state index in [0.29, 0.717) is 5.95 Å². The highest BCUT2D eigenvalue weighted by molar-refractivity contribution is 5.90. The molecule has 0 bridgehead atoms. The van der Waals surface area contributed by atoms with Gasteiger partial charge in [-0.1, -0.05) is 42.8 Å². The van der Waals surface area contributed by atoms with E-state index in [0.717, 1.165) is 34.6 Å². The molecule has 0 saturated heterocycles. The van der Waals surface area contributed by atoms with Gasteiger partial charge in [-0.3, -0.25) is 0 Å². The minimum absolute atomic E-state index is 0.276. The Bertz CT molecular complexity index is 1070. The number of para-hydroxylation sites is 1. The van der Waals surface area contributed by atoms with E-state index in [2.05, 4.69) is 48.6 Å². The molecule has 0 amide bonds. The zero-order valence-corrected chi connectivity index (χ0v) is 16.3. The van der Waals surface area contributed by atoms with E-state index in [1.165, 1.54) is 5.56 Å². The van der Waals surface area contributed by atoms with E-state index in [1.807, 2.05) is 53.3 Å². The topological polar surface area (TPSA) is 67.7 Å². The maximum atomic E-state index is 4.75. The minimum Gasteiger partial charge on any atom is -0.352 e. The van der Waals surface area contributed by atoms with Crippen LogP contribution in [0, 0.1) is 6.92 Å². The Morgan fingerprint density at radius 1 is 1.00 bits per heavy atom. The van der Waals surface area contributed by atoms with Crippen LogP contribution in [0.1, 0.15) is 25.8 Å². The maximum Gasteiger partial charge on any atom is 0.226 e. The molecule has 6 heteroatoms. The maximum absolute atomic E-state index is 4.75. The van der Waals surface area contributed by atoms with Crippen molar-refractivity contribution in [3.05, 3.63) is 66.4 Å². The molecule has 6 nitrogen and oxygen atoms in total. The van der Waals surface area contributed by atoms with Crippen molar-refractivity contribution in [2.75, 3.05) is 10.6 Å². The van der Waals surface area contributed by atoms with Gasteiger partial charge in [-0.15, -0.1) is 0 Å². The summed E-state index contributed by atoms with van der Waals surface area (Å²) in [5.74, 6) is 1.33. The van der Waals surface area contributed by atoms with Crippen LogP contribution in [-0.4, -0.2) is 25.8 Å². The smallest absolute Gasteiger partial charge is 0.226 e. The summed E-state index contributed by atoms with van der Waals surface area (Å²) in [5, 5.41) is 12.3. The molecular weight excluding hydrogens is 348 g/mol. The first-order valence-corrected chi connectivity index (χ1v) is 9.55. The van der Waals surface area contributed by atoms with Crippen molar-refractivity contribution in [2.24, 2.45) is 0 Å². The Hall–Kier alpha value is -3.41. The quantitative estimate of drug-likeness (QED) is 0.494. The van der Waals surface area contributed by atoms with Crippen molar-refractivity contribution in [3.63, 3.8) is 0 Å². The third-order valence-corrected chi connectivity index (χ3v) is 4.73. The number of hydrogen-bond donors (Lipinski definition) is 2. The van der Waals surface area contributed by atoms with Gasteiger partial charge in [-0.25, -0.2) is 4.68 Å². The molecule has 1 atom stereocenters. The molecule has 0 radical (unpaired) electrons. The van der Waals surface area contributed by atoms with Crippen molar-refractivity contribution in [1.29, 1.82) is 0 Å². The largest absolute Gasteiger partial charge is 0.352 e. The van der Waals surface area contributed by atoms with Gasteiger partial charge in [0, 0.05) is 11.7 Å². The summed E-state index contributed by atoms with van der Waals surface area (Å²) in [7, 11) is 0. The lowest BCUT2D eigenvalue weighted by molar-refractivity contribution is 0.753. The number of rotatable bonds is 6. The second-order valence-corrected chi connectivity index (χ2v) is 6.97. The lowest BCUT2D eigenvalue weighted by atomic mass is 10.2. The monoisotopic (exact) mass is 372 g/mol. The summed E-state index contributed by atoms with van der Waals surface area (Å²) in [6, 6.07) is 18.5. The van der Waals surface area contributed by atoms with E-state index in [9.17, 15) is 0 Å². The van der Waals surface area contributed by atoms with Gasteiger partial charge in [-0.05, 0) is 44.5 Å². The summed E-state index contributed by atoms with van der Waals surface area (Å²) in [4.78, 5) is 9.48. The van der Waals surface area contributed by atoms with E-state index >= 15 is 0 Å². The number of nitrogens with one attached hydrogen (secondary N) is 2. The Morgan fingerprint density at radius 2 is 1.75 bits per heavy atom. The number of hydrogen-bond acceptors (Lipinski definition) is 5. The molecule has 0 aliphatic rings. The van der Waals surface area contributed by atoms with Crippen LogP contribution in [0.2, 0.25) is 0 Å². The summed E-state index contributed by atoms with van der Waals surface area (Å²) in [5.41, 5.74) is 3.93. The highest BCUT2D eigenvalue weighted by Crippen LogP contribution is 2.27. The van der Waals surface area contributed by atoms with Gasteiger partial charge in [-0.2, -0.15) is 15.1 Å². The van der Waals surface area contributed by atoms with Crippen molar-refractivity contribution >= 4 is 28.5 Å². The molecule has 2 heterocycles. The fourth-order valence-electron chi connectivity index (χ4n) is 2.92. The van der Waals surface area contributed by atoms with Gasteiger partial charge in [0.05, 0.1) is 17.3 Å². The Kier molecular flexibility index (Phi) is 4.93. The number of aromatic nitrogens is 4. The number of anilines is 3. The molecule has 0 unspecified atom stereocenters. The van der Waals surface area contributed by atoms with Crippen LogP contribution in [0.5, 0.6) is 0 Å². The molecule has 2 aromatic carbocycles. The van der Waals surface area contributed by atoms with Gasteiger partial charge >= 0.3 is 0 Å². The molecule has 0 fully saturated rings. The van der Waals surface area contributed by atoms with E-state index in [1.54, 1.807) is 0 Å². The molecular formula is C22H24N6. The molecule has 0 saturated carbocycles. The zero-order chi connectivity index (χ0) is 19.5. The van der Waals surface area contributed by atoms with E-state index in [4.69, 9.17) is 9.97 Å². The van der Waals surface area contributed by atoms with Crippen LogP contribution in [0.25, 0.3) is 16.7 Å². The second-order valence-electron chi connectivity index (χ2n) is 6.97. The van der Waals surface area contributed by atoms with Crippen molar-refractivity contribution in [2.45, 2.75) is 33.2 Å². The molecule has 4 rings (SSSR count). The molecule has 142 valence electrons. The minimum atomic E-state index is 0.276. The van der Waals surface area contributed by atoms with E-state index < -0.39 is 0 Å². The van der Waals surface area contributed by atoms with Gasteiger partial charge in [0.2, 0.25) is 5.95 Å². The lowest BCUT2D eigenvalue weighted by Gasteiger charge is -2.14. The van der Waals surface area contributed by atoms with Crippen molar-refractivity contribution in [1.82, 2.24) is 19.7 Å². The third kappa shape index (κ3) is 3.67. The Labute approximate surface area is 164 Å². The second kappa shape index (κ2) is 7.68. The van der Waals surface area contributed by atoms with E-state index in [-0.39, 0.29) is 6.04 Å². The van der Waals surface area contributed by atoms with Crippen LogP contribution < -0.4 is 10.6 Å². The summed E-state index contributed by atoms with van der Waals surface area (Å²) >= 11 is 0. The van der Waals surface area contributed by atoms with Gasteiger partial charge in [0.1, 0.15) is 5.82 Å². The summed E-state index contributed by atoms with van der Waals surface area (Å²) in [6.45, 7) is 6.33. The number of nitrogens with zero attached hydrogens (tertiary/aromatic N) is 4. The number of fused-ring (bicyclic) bond motifs is 1. The molecule has 4 aromatic rings.